The fourth-order valence-electron chi connectivity index (χ4n) is 5.94. The van der Waals surface area contributed by atoms with Crippen LogP contribution >= 0.6 is 0 Å². The van der Waals surface area contributed by atoms with Crippen molar-refractivity contribution in [1.29, 1.82) is 0 Å². The lowest BCUT2D eigenvalue weighted by atomic mass is 9.89. The third kappa shape index (κ3) is 6.57. The Morgan fingerprint density at radius 1 is 0.951 bits per heavy atom. The maximum Gasteiger partial charge on any atom is 0.335 e. The number of aromatic nitrogens is 1. The fraction of sp³-hybridized carbons (Fsp3) is 0.324. The lowest BCUT2D eigenvalue weighted by Gasteiger charge is -2.32. The number of piperidine rings is 1. The Hall–Kier alpha value is -4.23. The van der Waals surface area contributed by atoms with Crippen molar-refractivity contribution >= 4 is 16.9 Å². The smallest absolute Gasteiger partial charge is 0.335 e. The molecule has 1 unspecified atom stereocenters. The zero-order valence-corrected chi connectivity index (χ0v) is 23.2. The molecule has 3 heterocycles. The van der Waals surface area contributed by atoms with E-state index in [9.17, 15) is 9.90 Å². The number of benzene rings is 3. The van der Waals surface area contributed by atoms with Crippen molar-refractivity contribution in [2.45, 2.75) is 51.0 Å². The zero-order valence-electron chi connectivity index (χ0n) is 23.2. The van der Waals surface area contributed by atoms with Gasteiger partial charge < -0.3 is 23.9 Å². The Kier molecular flexibility index (Phi) is 8.23. The number of nitrogens with zero attached hydrogens (tertiary/aromatic N) is 2. The minimum atomic E-state index is -0.876. The van der Waals surface area contributed by atoms with Gasteiger partial charge in [-0.2, -0.15) is 0 Å². The standard InChI is InChI=1S/C34H36N2O5/c37-34(38)28-11-6-10-26(20-28)22-35-17-14-27(15-18-35)30-23-36(31-13-5-4-12-29(30)31)16-7-19-39-33-24-40-32(41-33)21-25-8-2-1-3-9-25/h1-6,8-13,20,23-24,27,32H,7,14-19,21-22H2,(H,37,38). The molecule has 0 aliphatic carbocycles. The maximum absolute atomic E-state index is 11.3. The van der Waals surface area contributed by atoms with E-state index in [4.69, 9.17) is 14.2 Å². The summed E-state index contributed by atoms with van der Waals surface area (Å²) in [6.45, 7) is 4.20. The van der Waals surface area contributed by atoms with Gasteiger partial charge in [-0.15, -0.1) is 0 Å². The molecule has 0 bridgehead atoms. The number of likely N-dealkylation sites (tertiary alicyclic amines) is 1. The maximum atomic E-state index is 11.3. The third-order valence-corrected chi connectivity index (χ3v) is 8.02. The molecular weight excluding hydrogens is 516 g/mol. The number of ether oxygens (including phenoxy) is 3. The Bertz CT molecular complexity index is 1500. The summed E-state index contributed by atoms with van der Waals surface area (Å²) in [6, 6.07) is 26.1. The van der Waals surface area contributed by atoms with Crippen LogP contribution in [0.15, 0.2) is 97.3 Å². The lowest BCUT2D eigenvalue weighted by molar-refractivity contribution is -0.0700. The highest BCUT2D eigenvalue weighted by Gasteiger charge is 2.24. The van der Waals surface area contributed by atoms with E-state index in [0.29, 0.717) is 30.5 Å². The molecular formula is C34H36N2O5. The number of para-hydroxylation sites is 1. The summed E-state index contributed by atoms with van der Waals surface area (Å²) in [5.74, 6) is 0.0825. The molecule has 0 amide bonds. The van der Waals surface area contributed by atoms with Gasteiger partial charge in [0.2, 0.25) is 6.29 Å². The van der Waals surface area contributed by atoms with E-state index in [-0.39, 0.29) is 6.29 Å². The van der Waals surface area contributed by atoms with Crippen molar-refractivity contribution < 1.29 is 24.1 Å². The molecule has 1 N–H and O–H groups in total. The number of hydrogen-bond acceptors (Lipinski definition) is 5. The number of fused-ring (bicyclic) bond motifs is 1. The Morgan fingerprint density at radius 3 is 2.56 bits per heavy atom. The summed E-state index contributed by atoms with van der Waals surface area (Å²) in [4.78, 5) is 13.8. The van der Waals surface area contributed by atoms with E-state index >= 15 is 0 Å². The van der Waals surface area contributed by atoms with Crippen LogP contribution in [0.1, 0.15) is 52.2 Å². The number of carboxylic acid groups (broad SMARTS) is 1. The molecule has 4 aromatic rings. The molecule has 1 atom stereocenters. The van der Waals surface area contributed by atoms with E-state index in [2.05, 4.69) is 52.1 Å². The fourth-order valence-corrected chi connectivity index (χ4v) is 5.94. The molecule has 7 heteroatoms. The van der Waals surface area contributed by atoms with Gasteiger partial charge in [-0.25, -0.2) is 4.79 Å². The Labute approximate surface area is 240 Å². The molecule has 1 saturated heterocycles. The topological polar surface area (TPSA) is 73.2 Å². The second kappa shape index (κ2) is 12.5. The molecule has 3 aromatic carbocycles. The van der Waals surface area contributed by atoms with Crippen LogP contribution in [0.4, 0.5) is 0 Å². The highest BCUT2D eigenvalue weighted by atomic mass is 16.8. The van der Waals surface area contributed by atoms with E-state index in [0.717, 1.165) is 51.0 Å². The van der Waals surface area contributed by atoms with Crippen LogP contribution in [0.5, 0.6) is 0 Å². The van der Waals surface area contributed by atoms with Gasteiger partial charge in [0.25, 0.3) is 0 Å². The monoisotopic (exact) mass is 552 g/mol. The highest BCUT2D eigenvalue weighted by molar-refractivity contribution is 5.87. The first-order valence-electron chi connectivity index (χ1n) is 14.4. The second-order valence-electron chi connectivity index (χ2n) is 10.9. The average Bonchev–Trinajstić information content (AvgIpc) is 3.61. The van der Waals surface area contributed by atoms with Crippen LogP contribution in [0, 0.1) is 0 Å². The van der Waals surface area contributed by atoms with E-state index in [1.807, 2.05) is 30.3 Å². The molecule has 212 valence electrons. The number of carbonyl (C=O) groups is 1. The minimum absolute atomic E-state index is 0.343. The Morgan fingerprint density at radius 2 is 1.73 bits per heavy atom. The van der Waals surface area contributed by atoms with E-state index < -0.39 is 5.97 Å². The number of hydrogen-bond donors (Lipinski definition) is 1. The summed E-state index contributed by atoms with van der Waals surface area (Å²) in [5, 5.41) is 10.6. The zero-order chi connectivity index (χ0) is 28.0. The van der Waals surface area contributed by atoms with Crippen molar-refractivity contribution in [3.05, 3.63) is 120 Å². The van der Waals surface area contributed by atoms with Gasteiger partial charge in [0.1, 0.15) is 0 Å². The summed E-state index contributed by atoms with van der Waals surface area (Å²) >= 11 is 0. The average molecular weight is 553 g/mol. The molecule has 2 aliphatic heterocycles. The first-order valence-corrected chi connectivity index (χ1v) is 14.4. The van der Waals surface area contributed by atoms with Crippen LogP contribution in [0.3, 0.4) is 0 Å². The largest absolute Gasteiger partial charge is 0.478 e. The predicted molar refractivity (Wildman–Crippen MR) is 157 cm³/mol. The SMILES string of the molecule is O=C(O)c1cccc(CN2CCC(c3cn(CCCOC4=COC(Cc5ccccc5)O4)c4ccccc34)CC2)c1. The number of aryl methyl sites for hydroxylation is 1. The molecule has 0 radical (unpaired) electrons. The molecule has 41 heavy (non-hydrogen) atoms. The summed E-state index contributed by atoms with van der Waals surface area (Å²) in [7, 11) is 0. The molecule has 0 saturated carbocycles. The number of rotatable bonds is 11. The molecule has 7 nitrogen and oxygen atoms in total. The lowest BCUT2D eigenvalue weighted by Crippen LogP contribution is -2.32. The van der Waals surface area contributed by atoms with Crippen LogP contribution in [-0.2, 0) is 33.7 Å². The predicted octanol–water partition coefficient (Wildman–Crippen LogP) is 6.54. The van der Waals surface area contributed by atoms with Gasteiger partial charge in [-0.3, -0.25) is 4.90 Å². The normalized spacial score (nSPS) is 17.7. The van der Waals surface area contributed by atoms with Crippen molar-refractivity contribution in [2.75, 3.05) is 19.7 Å². The van der Waals surface area contributed by atoms with Gasteiger partial charge >= 0.3 is 11.9 Å². The number of aromatic carboxylic acids is 1. The van der Waals surface area contributed by atoms with Gasteiger partial charge in [-0.1, -0.05) is 60.7 Å². The molecule has 1 aromatic heterocycles. The first kappa shape index (κ1) is 27.0. The van der Waals surface area contributed by atoms with Crippen molar-refractivity contribution in [3.8, 4) is 0 Å². The van der Waals surface area contributed by atoms with Crippen LogP contribution in [0.2, 0.25) is 0 Å². The summed E-state index contributed by atoms with van der Waals surface area (Å²) in [5.41, 5.74) is 5.26. The van der Waals surface area contributed by atoms with Crippen LogP contribution in [-0.4, -0.2) is 46.5 Å². The van der Waals surface area contributed by atoms with Crippen molar-refractivity contribution in [1.82, 2.24) is 9.47 Å². The highest BCUT2D eigenvalue weighted by Crippen LogP contribution is 2.35. The molecule has 6 rings (SSSR count). The van der Waals surface area contributed by atoms with Crippen molar-refractivity contribution in [3.63, 3.8) is 0 Å². The Balaban J connectivity index is 1.01. The van der Waals surface area contributed by atoms with Crippen molar-refractivity contribution in [2.24, 2.45) is 0 Å². The first-order chi connectivity index (χ1) is 20.1. The van der Waals surface area contributed by atoms with Crippen LogP contribution < -0.4 is 0 Å². The van der Waals surface area contributed by atoms with E-state index in [1.165, 1.54) is 22.0 Å². The second-order valence-corrected chi connectivity index (χ2v) is 10.9. The molecule has 2 aliphatic rings. The quantitative estimate of drug-likeness (QED) is 0.213. The van der Waals surface area contributed by atoms with Gasteiger partial charge in [0, 0.05) is 36.6 Å². The van der Waals surface area contributed by atoms with Gasteiger partial charge in [0.05, 0.1) is 12.2 Å². The minimum Gasteiger partial charge on any atom is -0.478 e. The summed E-state index contributed by atoms with van der Waals surface area (Å²) in [6.07, 6.45) is 7.29. The number of carboxylic acids is 1. The third-order valence-electron chi connectivity index (χ3n) is 8.02. The van der Waals surface area contributed by atoms with Crippen LogP contribution in [0.25, 0.3) is 10.9 Å². The van der Waals surface area contributed by atoms with E-state index in [1.54, 1.807) is 18.4 Å². The van der Waals surface area contributed by atoms with Gasteiger partial charge in [-0.05, 0) is 73.2 Å². The molecule has 0 spiro atoms. The van der Waals surface area contributed by atoms with Gasteiger partial charge in [0.15, 0.2) is 6.26 Å². The molecule has 1 fully saturated rings. The summed E-state index contributed by atoms with van der Waals surface area (Å²) < 4.78 is 19.7.